The van der Waals surface area contributed by atoms with E-state index in [1.54, 1.807) is 18.2 Å². The Labute approximate surface area is 207 Å². The van der Waals surface area contributed by atoms with Crippen LogP contribution in [-0.2, 0) is 9.59 Å². The third-order valence-electron chi connectivity index (χ3n) is 6.17. The second kappa shape index (κ2) is 12.2. The molecule has 2 aromatic carbocycles. The van der Waals surface area contributed by atoms with Crippen LogP contribution in [0.5, 0.6) is 5.75 Å². The molecule has 186 valence electrons. The van der Waals surface area contributed by atoms with Gasteiger partial charge in [0.05, 0.1) is 12.3 Å². The van der Waals surface area contributed by atoms with Gasteiger partial charge in [-0.15, -0.1) is 0 Å². The highest BCUT2D eigenvalue weighted by molar-refractivity contribution is 6.04. The molecule has 0 aliphatic carbocycles. The fourth-order valence-corrected chi connectivity index (χ4v) is 4.34. The van der Waals surface area contributed by atoms with Crippen molar-refractivity contribution in [3.8, 4) is 5.75 Å². The number of nitrogens with one attached hydrogen (secondary N) is 1. The topological polar surface area (TPSA) is 80.6 Å². The van der Waals surface area contributed by atoms with Crippen LogP contribution in [-0.4, -0.2) is 28.2 Å². The maximum atomic E-state index is 12.7. The Hall–Kier alpha value is -3.54. The number of nitrogens with zero attached hydrogens (tertiary/aromatic N) is 1. The minimum atomic E-state index is -0.855. The van der Waals surface area contributed by atoms with Crippen molar-refractivity contribution in [3.63, 3.8) is 0 Å². The maximum absolute atomic E-state index is 12.7. The van der Waals surface area contributed by atoms with Gasteiger partial charge in [-0.1, -0.05) is 45.4 Å². The van der Waals surface area contributed by atoms with Crippen LogP contribution in [0.25, 0.3) is 16.5 Å². The van der Waals surface area contributed by atoms with E-state index in [1.165, 1.54) is 5.52 Å². The first-order valence-corrected chi connectivity index (χ1v) is 12.3. The predicted octanol–water partition coefficient (Wildman–Crippen LogP) is 6.92. The van der Waals surface area contributed by atoms with Gasteiger partial charge in [-0.3, -0.25) is 9.59 Å². The Bertz CT molecular complexity index is 1190. The summed E-state index contributed by atoms with van der Waals surface area (Å²) in [6.07, 6.45) is 6.50. The quantitative estimate of drug-likeness (QED) is 0.219. The molecule has 3 rings (SSSR count). The summed E-state index contributed by atoms with van der Waals surface area (Å²) < 4.78 is 8.06. The molecular formula is C29H36N2O4. The highest BCUT2D eigenvalue weighted by atomic mass is 16.5. The maximum Gasteiger partial charge on any atom is 0.303 e. The molecule has 6 nitrogen and oxygen atoms in total. The Balaban J connectivity index is 1.72. The van der Waals surface area contributed by atoms with E-state index >= 15 is 0 Å². The predicted molar refractivity (Wildman–Crippen MR) is 142 cm³/mol. The van der Waals surface area contributed by atoms with E-state index in [2.05, 4.69) is 61.1 Å². The molecule has 1 atom stereocenters. The lowest BCUT2D eigenvalue weighted by Crippen LogP contribution is -2.14. The van der Waals surface area contributed by atoms with Crippen molar-refractivity contribution < 1.29 is 19.4 Å². The Morgan fingerprint density at radius 1 is 1.14 bits per heavy atom. The van der Waals surface area contributed by atoms with Gasteiger partial charge in [-0.05, 0) is 67.2 Å². The Morgan fingerprint density at radius 2 is 1.91 bits per heavy atom. The summed E-state index contributed by atoms with van der Waals surface area (Å²) in [5, 5.41) is 12.8. The Morgan fingerprint density at radius 3 is 2.63 bits per heavy atom. The first kappa shape index (κ1) is 26.1. The zero-order chi connectivity index (χ0) is 25.4. The first-order chi connectivity index (χ1) is 16.8. The van der Waals surface area contributed by atoms with Crippen LogP contribution in [0.1, 0.15) is 65.0 Å². The van der Waals surface area contributed by atoms with Crippen molar-refractivity contribution in [2.45, 2.75) is 59.4 Å². The number of carbonyl (C=O) groups is 2. The summed E-state index contributed by atoms with van der Waals surface area (Å²) in [4.78, 5) is 23.4. The van der Waals surface area contributed by atoms with Gasteiger partial charge < -0.3 is 19.7 Å². The first-order valence-electron chi connectivity index (χ1n) is 12.3. The van der Waals surface area contributed by atoms with Gasteiger partial charge in [-0.2, -0.15) is 0 Å². The van der Waals surface area contributed by atoms with Crippen LogP contribution in [0.4, 0.5) is 5.69 Å². The highest BCUT2D eigenvalue weighted by Crippen LogP contribution is 2.30. The third-order valence-corrected chi connectivity index (χ3v) is 6.17. The number of hydrogen-bond donors (Lipinski definition) is 2. The molecule has 0 bridgehead atoms. The summed E-state index contributed by atoms with van der Waals surface area (Å²) in [5.74, 6) is -0.0257. The van der Waals surface area contributed by atoms with Crippen LogP contribution >= 0.6 is 0 Å². The van der Waals surface area contributed by atoms with E-state index in [0.29, 0.717) is 29.8 Å². The minimum Gasteiger partial charge on any atom is -0.491 e. The van der Waals surface area contributed by atoms with Gasteiger partial charge >= 0.3 is 5.97 Å². The van der Waals surface area contributed by atoms with E-state index in [1.807, 2.05) is 19.1 Å². The Kier molecular flexibility index (Phi) is 9.12. The molecule has 0 spiro atoms. The average Bonchev–Trinajstić information content (AvgIpc) is 3.23. The van der Waals surface area contributed by atoms with Crippen LogP contribution in [0.15, 0.2) is 60.8 Å². The van der Waals surface area contributed by atoms with Crippen molar-refractivity contribution in [2.24, 2.45) is 5.92 Å². The number of carboxylic acid groups (broad SMARTS) is 1. The summed E-state index contributed by atoms with van der Waals surface area (Å²) in [6, 6.07) is 16.1. The summed E-state index contributed by atoms with van der Waals surface area (Å²) >= 11 is 0. The fourth-order valence-electron chi connectivity index (χ4n) is 4.34. The SMILES string of the molecule is CCCC(C(C)C)n1ccc2cc(/C(C)=C/C(=O)Nc3ccccc3OCCCC(=O)O)ccc21. The summed E-state index contributed by atoms with van der Waals surface area (Å²) in [5.41, 5.74) is 3.64. The monoisotopic (exact) mass is 476 g/mol. The van der Waals surface area contributed by atoms with E-state index in [9.17, 15) is 9.59 Å². The standard InChI is InChI=1S/C29H36N2O4/c1-5-9-25(20(2)3)31-16-15-23-19-22(13-14-26(23)31)21(4)18-28(32)30-24-10-6-7-11-27(24)35-17-8-12-29(33)34/h6-7,10-11,13-16,18-20,25H,5,8-9,12,17H2,1-4H3,(H,30,32)(H,33,34)/b21-18+. The molecule has 3 aromatic rings. The molecule has 1 heterocycles. The van der Waals surface area contributed by atoms with Crippen molar-refractivity contribution in [3.05, 3.63) is 66.4 Å². The van der Waals surface area contributed by atoms with Gasteiger partial charge in [-0.25, -0.2) is 0 Å². The number of benzene rings is 2. The molecule has 0 aliphatic rings. The smallest absolute Gasteiger partial charge is 0.303 e. The van der Waals surface area contributed by atoms with E-state index in [0.717, 1.165) is 29.4 Å². The number of ether oxygens (including phenoxy) is 1. The average molecular weight is 477 g/mol. The minimum absolute atomic E-state index is 0.0426. The van der Waals surface area contributed by atoms with E-state index in [-0.39, 0.29) is 18.9 Å². The summed E-state index contributed by atoms with van der Waals surface area (Å²) in [7, 11) is 0. The van der Waals surface area contributed by atoms with Crippen LogP contribution < -0.4 is 10.1 Å². The number of amides is 1. The third kappa shape index (κ3) is 6.98. The second-order valence-corrected chi connectivity index (χ2v) is 9.26. The normalized spacial score (nSPS) is 12.7. The molecule has 0 radical (unpaired) electrons. The number of carboxylic acids is 1. The van der Waals surface area contributed by atoms with Crippen molar-refractivity contribution in [1.29, 1.82) is 0 Å². The van der Waals surface area contributed by atoms with Crippen LogP contribution in [0.3, 0.4) is 0 Å². The lowest BCUT2D eigenvalue weighted by atomic mass is 9.99. The molecule has 1 amide bonds. The number of anilines is 1. The molecular weight excluding hydrogens is 440 g/mol. The molecule has 0 saturated heterocycles. The number of hydrogen-bond acceptors (Lipinski definition) is 3. The van der Waals surface area contributed by atoms with Gasteiger partial charge in [0.25, 0.3) is 0 Å². The van der Waals surface area contributed by atoms with Crippen molar-refractivity contribution in [2.75, 3.05) is 11.9 Å². The lowest BCUT2D eigenvalue weighted by Gasteiger charge is -2.23. The molecule has 0 aliphatic heterocycles. The molecule has 1 aromatic heterocycles. The lowest BCUT2D eigenvalue weighted by molar-refractivity contribution is -0.137. The van der Waals surface area contributed by atoms with Crippen LogP contribution in [0.2, 0.25) is 0 Å². The van der Waals surface area contributed by atoms with Gasteiger partial charge in [0.1, 0.15) is 5.75 Å². The number of allylic oxidation sites excluding steroid dienone is 1. The highest BCUT2D eigenvalue weighted by Gasteiger charge is 2.16. The fraction of sp³-hybridized carbons (Fsp3) is 0.379. The molecule has 0 fully saturated rings. The van der Waals surface area contributed by atoms with Crippen molar-refractivity contribution >= 4 is 34.0 Å². The second-order valence-electron chi connectivity index (χ2n) is 9.26. The van der Waals surface area contributed by atoms with E-state index in [4.69, 9.17) is 9.84 Å². The van der Waals surface area contributed by atoms with E-state index < -0.39 is 5.97 Å². The van der Waals surface area contributed by atoms with Crippen molar-refractivity contribution in [1.82, 2.24) is 4.57 Å². The van der Waals surface area contributed by atoms with Crippen LogP contribution in [0, 0.1) is 5.92 Å². The molecule has 35 heavy (non-hydrogen) atoms. The summed E-state index contributed by atoms with van der Waals surface area (Å²) in [6.45, 7) is 8.96. The zero-order valence-corrected chi connectivity index (χ0v) is 21.1. The number of fused-ring (bicyclic) bond motifs is 1. The van der Waals surface area contributed by atoms with Gasteiger partial charge in [0, 0.05) is 35.6 Å². The number of aromatic nitrogens is 1. The van der Waals surface area contributed by atoms with Gasteiger partial charge in [0.15, 0.2) is 0 Å². The molecule has 2 N–H and O–H groups in total. The number of rotatable bonds is 12. The molecule has 0 saturated carbocycles. The molecule has 1 unspecified atom stereocenters. The number of carbonyl (C=O) groups excluding carboxylic acids is 1. The number of aliphatic carboxylic acids is 1. The largest absolute Gasteiger partial charge is 0.491 e. The van der Waals surface area contributed by atoms with Gasteiger partial charge in [0.2, 0.25) is 5.91 Å². The number of para-hydroxylation sites is 2. The molecule has 6 heteroatoms. The zero-order valence-electron chi connectivity index (χ0n) is 21.1.